The summed E-state index contributed by atoms with van der Waals surface area (Å²) >= 11 is 0. The molecule has 1 heterocycles. The molecule has 1 rings (SSSR count). The fourth-order valence-corrected chi connectivity index (χ4v) is 1.56. The quantitative estimate of drug-likeness (QED) is 0.582. The van der Waals surface area contributed by atoms with Gasteiger partial charge in [0.2, 0.25) is 0 Å². The topological polar surface area (TPSA) is 26.3 Å². The number of carbonyl (C=O) groups excluding carboxylic acids is 1. The molecule has 64 valence electrons. The molecule has 0 amide bonds. The Kier molecular flexibility index (Phi) is 3.57. The van der Waals surface area contributed by atoms with Crippen LogP contribution in [-0.4, -0.2) is 19.0 Å². The van der Waals surface area contributed by atoms with Gasteiger partial charge in [0, 0.05) is 12.5 Å². The van der Waals surface area contributed by atoms with Gasteiger partial charge in [-0.3, -0.25) is 0 Å². The van der Waals surface area contributed by atoms with Crippen LogP contribution in [0.1, 0.15) is 32.6 Å². The van der Waals surface area contributed by atoms with Gasteiger partial charge >= 0.3 is 0 Å². The van der Waals surface area contributed by atoms with Crippen molar-refractivity contribution in [1.82, 2.24) is 0 Å². The summed E-state index contributed by atoms with van der Waals surface area (Å²) in [5, 5.41) is 0. The van der Waals surface area contributed by atoms with Gasteiger partial charge < -0.3 is 9.53 Å². The van der Waals surface area contributed by atoms with Gasteiger partial charge in [-0.25, -0.2) is 0 Å². The summed E-state index contributed by atoms with van der Waals surface area (Å²) in [6.45, 7) is 2.92. The van der Waals surface area contributed by atoms with Crippen molar-refractivity contribution in [2.75, 3.05) is 6.61 Å². The lowest BCUT2D eigenvalue weighted by atomic mass is 9.95. The highest BCUT2D eigenvalue weighted by Crippen LogP contribution is 2.21. The van der Waals surface area contributed by atoms with Gasteiger partial charge in [-0.15, -0.1) is 0 Å². The molecule has 0 unspecified atom stereocenters. The van der Waals surface area contributed by atoms with Crippen molar-refractivity contribution in [3.8, 4) is 0 Å². The van der Waals surface area contributed by atoms with Gasteiger partial charge in [0.1, 0.15) is 6.29 Å². The maximum Gasteiger partial charge on any atom is 0.123 e. The summed E-state index contributed by atoms with van der Waals surface area (Å²) in [7, 11) is 0. The molecule has 0 aromatic rings. The number of carbonyl (C=O) groups is 1. The maximum absolute atomic E-state index is 10.5. The Balaban J connectivity index is 2.27. The summed E-state index contributed by atoms with van der Waals surface area (Å²) in [5.74, 6) is 0.264. The first-order chi connectivity index (χ1) is 5.36. The van der Waals surface area contributed by atoms with E-state index in [2.05, 4.69) is 6.92 Å². The molecule has 0 aliphatic carbocycles. The van der Waals surface area contributed by atoms with Crippen LogP contribution in [0.3, 0.4) is 0 Å². The zero-order valence-corrected chi connectivity index (χ0v) is 7.08. The molecule has 1 aliphatic heterocycles. The van der Waals surface area contributed by atoms with E-state index in [1.54, 1.807) is 0 Å². The molecule has 0 aromatic heterocycles. The summed E-state index contributed by atoms with van der Waals surface area (Å²) in [6.07, 6.45) is 5.54. The zero-order chi connectivity index (χ0) is 8.10. The van der Waals surface area contributed by atoms with E-state index < -0.39 is 0 Å². The van der Waals surface area contributed by atoms with Crippen molar-refractivity contribution in [1.29, 1.82) is 0 Å². The van der Waals surface area contributed by atoms with Crippen LogP contribution in [-0.2, 0) is 9.53 Å². The molecular weight excluding hydrogens is 140 g/mol. The predicted molar refractivity (Wildman–Crippen MR) is 43.4 cm³/mol. The first kappa shape index (κ1) is 8.72. The van der Waals surface area contributed by atoms with Crippen LogP contribution < -0.4 is 0 Å². The third kappa shape index (κ3) is 2.62. The normalized spacial score (nSPS) is 31.7. The molecule has 1 fully saturated rings. The van der Waals surface area contributed by atoms with Crippen molar-refractivity contribution in [3.63, 3.8) is 0 Å². The highest BCUT2D eigenvalue weighted by molar-refractivity contribution is 5.53. The van der Waals surface area contributed by atoms with Crippen molar-refractivity contribution in [2.45, 2.75) is 38.7 Å². The van der Waals surface area contributed by atoms with Crippen LogP contribution in [0.2, 0.25) is 0 Å². The standard InChI is InChI=1S/C9H16O2/c1-2-3-9-6-8(7-10)4-5-11-9/h7-9H,2-6H2,1H3/t8-,9-/m1/s1. The minimum absolute atomic E-state index is 0.264. The smallest absolute Gasteiger partial charge is 0.123 e. The van der Waals surface area contributed by atoms with Gasteiger partial charge in [-0.1, -0.05) is 13.3 Å². The second-order valence-electron chi connectivity index (χ2n) is 3.20. The average molecular weight is 156 g/mol. The van der Waals surface area contributed by atoms with Gasteiger partial charge in [-0.05, 0) is 19.3 Å². The minimum Gasteiger partial charge on any atom is -0.378 e. The zero-order valence-electron chi connectivity index (χ0n) is 7.08. The van der Waals surface area contributed by atoms with Crippen molar-refractivity contribution >= 4 is 6.29 Å². The summed E-state index contributed by atoms with van der Waals surface area (Å²) in [4.78, 5) is 10.5. The Hall–Kier alpha value is -0.370. The first-order valence-corrected chi connectivity index (χ1v) is 4.43. The van der Waals surface area contributed by atoms with E-state index in [4.69, 9.17) is 4.74 Å². The third-order valence-corrected chi connectivity index (χ3v) is 2.21. The van der Waals surface area contributed by atoms with Crippen LogP contribution >= 0.6 is 0 Å². The number of hydrogen-bond donors (Lipinski definition) is 0. The largest absolute Gasteiger partial charge is 0.378 e. The monoisotopic (exact) mass is 156 g/mol. The number of aldehydes is 1. The van der Waals surface area contributed by atoms with E-state index in [0.717, 1.165) is 38.6 Å². The SMILES string of the molecule is CCC[C@@H]1C[C@H](C=O)CCO1. The van der Waals surface area contributed by atoms with Gasteiger partial charge in [0.25, 0.3) is 0 Å². The molecular formula is C9H16O2. The van der Waals surface area contributed by atoms with Crippen molar-refractivity contribution < 1.29 is 9.53 Å². The lowest BCUT2D eigenvalue weighted by Gasteiger charge is -2.25. The number of rotatable bonds is 3. The fourth-order valence-electron chi connectivity index (χ4n) is 1.56. The summed E-state index contributed by atoms with van der Waals surface area (Å²) in [6, 6.07) is 0. The van der Waals surface area contributed by atoms with E-state index in [-0.39, 0.29) is 5.92 Å². The second kappa shape index (κ2) is 4.50. The molecule has 1 aliphatic rings. The van der Waals surface area contributed by atoms with Crippen LogP contribution in [0, 0.1) is 5.92 Å². The molecule has 2 nitrogen and oxygen atoms in total. The molecule has 0 aromatic carbocycles. The average Bonchev–Trinajstić information content (AvgIpc) is 2.06. The lowest BCUT2D eigenvalue weighted by Crippen LogP contribution is -2.26. The number of hydrogen-bond acceptors (Lipinski definition) is 2. The van der Waals surface area contributed by atoms with Crippen molar-refractivity contribution in [2.24, 2.45) is 5.92 Å². The van der Waals surface area contributed by atoms with Crippen molar-refractivity contribution in [3.05, 3.63) is 0 Å². The lowest BCUT2D eigenvalue weighted by molar-refractivity contribution is -0.116. The Morgan fingerprint density at radius 2 is 2.45 bits per heavy atom. The van der Waals surface area contributed by atoms with Gasteiger partial charge in [0.05, 0.1) is 6.10 Å². The van der Waals surface area contributed by atoms with Crippen LogP contribution in [0.15, 0.2) is 0 Å². The third-order valence-electron chi connectivity index (χ3n) is 2.21. The highest BCUT2D eigenvalue weighted by atomic mass is 16.5. The molecule has 0 spiro atoms. The molecule has 2 atom stereocenters. The molecule has 0 bridgehead atoms. The molecule has 1 saturated heterocycles. The van der Waals surface area contributed by atoms with E-state index in [1.807, 2.05) is 0 Å². The van der Waals surface area contributed by atoms with E-state index in [9.17, 15) is 4.79 Å². The highest BCUT2D eigenvalue weighted by Gasteiger charge is 2.20. The maximum atomic E-state index is 10.5. The van der Waals surface area contributed by atoms with Crippen LogP contribution in [0.5, 0.6) is 0 Å². The molecule has 0 radical (unpaired) electrons. The predicted octanol–water partition coefficient (Wildman–Crippen LogP) is 1.78. The Bertz CT molecular complexity index is 121. The molecule has 11 heavy (non-hydrogen) atoms. The fraction of sp³-hybridized carbons (Fsp3) is 0.889. The van der Waals surface area contributed by atoms with Gasteiger partial charge in [-0.2, -0.15) is 0 Å². The number of ether oxygens (including phenoxy) is 1. The van der Waals surface area contributed by atoms with E-state index >= 15 is 0 Å². The van der Waals surface area contributed by atoms with Gasteiger partial charge in [0.15, 0.2) is 0 Å². The Morgan fingerprint density at radius 3 is 3.09 bits per heavy atom. The first-order valence-electron chi connectivity index (χ1n) is 4.43. The van der Waals surface area contributed by atoms with E-state index in [1.165, 1.54) is 0 Å². The Morgan fingerprint density at radius 1 is 1.64 bits per heavy atom. The molecule has 0 N–H and O–H groups in total. The van der Waals surface area contributed by atoms with Crippen LogP contribution in [0.25, 0.3) is 0 Å². The molecule has 2 heteroatoms. The minimum atomic E-state index is 0.264. The summed E-state index contributed by atoms with van der Waals surface area (Å²) in [5.41, 5.74) is 0. The second-order valence-corrected chi connectivity index (χ2v) is 3.20. The Labute approximate surface area is 67.9 Å². The van der Waals surface area contributed by atoms with E-state index in [0.29, 0.717) is 6.10 Å². The van der Waals surface area contributed by atoms with Crippen LogP contribution in [0.4, 0.5) is 0 Å². The summed E-state index contributed by atoms with van der Waals surface area (Å²) < 4.78 is 5.49. The molecule has 0 saturated carbocycles.